The third-order valence-electron chi connectivity index (χ3n) is 6.82. The molecule has 0 atom stereocenters. The quantitative estimate of drug-likeness (QED) is 0.378. The number of hydrogen-bond donors (Lipinski definition) is 2. The van der Waals surface area contributed by atoms with Gasteiger partial charge in [0.2, 0.25) is 17.8 Å². The topological polar surface area (TPSA) is 94.6 Å². The second-order valence-electron chi connectivity index (χ2n) is 9.50. The maximum absolute atomic E-state index is 6.13. The van der Waals surface area contributed by atoms with Crippen LogP contribution in [0.25, 0.3) is 10.9 Å². The summed E-state index contributed by atoms with van der Waals surface area (Å²) in [4.78, 5) is 25.5. The summed E-state index contributed by atoms with van der Waals surface area (Å²) < 4.78 is 5.53. The van der Waals surface area contributed by atoms with Crippen LogP contribution in [0.15, 0.2) is 54.7 Å². The predicted molar refractivity (Wildman–Crippen MR) is 152 cm³/mol. The first kappa shape index (κ1) is 24.6. The maximum Gasteiger partial charge on any atom is 0.233 e. The van der Waals surface area contributed by atoms with Gasteiger partial charge in [-0.15, -0.1) is 0 Å². The lowest BCUT2D eigenvalue weighted by atomic mass is 10.2. The highest BCUT2D eigenvalue weighted by Crippen LogP contribution is 2.28. The van der Waals surface area contributed by atoms with E-state index in [4.69, 9.17) is 31.3 Å². The van der Waals surface area contributed by atoms with E-state index < -0.39 is 0 Å². The summed E-state index contributed by atoms with van der Waals surface area (Å²) >= 11 is 6.13. The molecule has 10 nitrogen and oxygen atoms in total. The van der Waals surface area contributed by atoms with Crippen LogP contribution in [0.1, 0.15) is 0 Å². The molecule has 196 valence electrons. The van der Waals surface area contributed by atoms with Gasteiger partial charge in [0, 0.05) is 72.9 Å². The van der Waals surface area contributed by atoms with Crippen molar-refractivity contribution in [2.24, 2.45) is 0 Å². The molecule has 0 radical (unpaired) electrons. The molecule has 11 heteroatoms. The zero-order valence-electron chi connectivity index (χ0n) is 21.3. The number of pyridine rings is 1. The van der Waals surface area contributed by atoms with Crippen molar-refractivity contribution in [3.8, 4) is 0 Å². The summed E-state index contributed by atoms with van der Waals surface area (Å²) in [6.45, 7) is 6.62. The Kier molecular flexibility index (Phi) is 7.08. The van der Waals surface area contributed by atoms with E-state index in [1.54, 1.807) is 6.20 Å². The molecule has 2 aromatic carbocycles. The van der Waals surface area contributed by atoms with Crippen LogP contribution >= 0.6 is 11.6 Å². The molecule has 2 N–H and O–H groups in total. The van der Waals surface area contributed by atoms with Gasteiger partial charge >= 0.3 is 0 Å². The van der Waals surface area contributed by atoms with Gasteiger partial charge in [0.25, 0.3) is 0 Å². The second kappa shape index (κ2) is 10.9. The standard InChI is InChI=1S/C27H30ClN9O/c1-35-10-12-36(13-11-35)26-32-25(33-27(34-26)37-14-16-38-17-15-37)31-21-5-3-20(4-6-21)30-23-8-9-29-24-18-19(28)2-7-22(23)24/h2-9,18H,10-17H2,1H3,(H,29,30)(H,31,32,33,34). The van der Waals surface area contributed by atoms with E-state index in [2.05, 4.69) is 37.4 Å². The first-order chi connectivity index (χ1) is 18.6. The van der Waals surface area contributed by atoms with Crippen molar-refractivity contribution in [2.75, 3.05) is 80.0 Å². The molecule has 0 unspecified atom stereocenters. The van der Waals surface area contributed by atoms with Crippen LogP contribution < -0.4 is 20.4 Å². The summed E-state index contributed by atoms with van der Waals surface area (Å²) in [7, 11) is 2.14. The van der Waals surface area contributed by atoms with E-state index in [1.807, 2.05) is 48.5 Å². The highest BCUT2D eigenvalue weighted by atomic mass is 35.5. The smallest absolute Gasteiger partial charge is 0.233 e. The van der Waals surface area contributed by atoms with Crippen molar-refractivity contribution >= 4 is 57.4 Å². The van der Waals surface area contributed by atoms with E-state index in [0.29, 0.717) is 36.1 Å². The second-order valence-corrected chi connectivity index (χ2v) is 9.93. The number of nitrogens with one attached hydrogen (secondary N) is 2. The summed E-state index contributed by atoms with van der Waals surface area (Å²) in [5, 5.41) is 8.55. The van der Waals surface area contributed by atoms with Crippen molar-refractivity contribution in [3.63, 3.8) is 0 Å². The largest absolute Gasteiger partial charge is 0.378 e. The number of likely N-dealkylation sites (N-methyl/N-ethyl adjacent to an activating group) is 1. The van der Waals surface area contributed by atoms with Crippen LogP contribution in [-0.4, -0.2) is 84.4 Å². The minimum Gasteiger partial charge on any atom is -0.378 e. The number of anilines is 6. The molecule has 4 aromatic rings. The first-order valence-corrected chi connectivity index (χ1v) is 13.2. The lowest BCUT2D eigenvalue weighted by Gasteiger charge is -2.33. The van der Waals surface area contributed by atoms with Crippen molar-refractivity contribution in [1.82, 2.24) is 24.8 Å². The minimum atomic E-state index is 0.535. The van der Waals surface area contributed by atoms with Gasteiger partial charge in [-0.05, 0) is 55.6 Å². The van der Waals surface area contributed by atoms with Crippen molar-refractivity contribution in [2.45, 2.75) is 0 Å². The average molecular weight is 532 g/mol. The van der Waals surface area contributed by atoms with E-state index in [1.165, 1.54) is 0 Å². The van der Waals surface area contributed by atoms with Gasteiger partial charge in [-0.25, -0.2) is 0 Å². The molecule has 2 aliphatic rings. The number of piperazine rings is 1. The van der Waals surface area contributed by atoms with Gasteiger partial charge in [0.1, 0.15) is 0 Å². The lowest BCUT2D eigenvalue weighted by molar-refractivity contribution is 0.122. The molecular weight excluding hydrogens is 502 g/mol. The van der Waals surface area contributed by atoms with Crippen LogP contribution in [0.3, 0.4) is 0 Å². The molecule has 0 aliphatic carbocycles. The molecule has 0 amide bonds. The molecule has 2 fully saturated rings. The Hall–Kier alpha value is -3.73. The van der Waals surface area contributed by atoms with Gasteiger partial charge in [-0.1, -0.05) is 11.6 Å². The number of halogens is 1. The van der Waals surface area contributed by atoms with Crippen molar-refractivity contribution < 1.29 is 4.74 Å². The Bertz CT molecular complexity index is 1400. The van der Waals surface area contributed by atoms with Gasteiger partial charge in [-0.2, -0.15) is 15.0 Å². The van der Waals surface area contributed by atoms with Crippen LogP contribution in [0.2, 0.25) is 5.02 Å². The van der Waals surface area contributed by atoms with Gasteiger partial charge in [0.05, 0.1) is 18.7 Å². The molecule has 38 heavy (non-hydrogen) atoms. The van der Waals surface area contributed by atoms with E-state index >= 15 is 0 Å². The summed E-state index contributed by atoms with van der Waals surface area (Å²) in [6, 6.07) is 15.7. The van der Waals surface area contributed by atoms with E-state index in [9.17, 15) is 0 Å². The number of aromatic nitrogens is 4. The molecule has 0 saturated carbocycles. The van der Waals surface area contributed by atoms with Gasteiger partial charge in [-0.3, -0.25) is 4.98 Å². The molecule has 4 heterocycles. The zero-order chi connectivity index (χ0) is 25.9. The highest BCUT2D eigenvalue weighted by molar-refractivity contribution is 6.31. The maximum atomic E-state index is 6.13. The highest BCUT2D eigenvalue weighted by Gasteiger charge is 2.21. The zero-order valence-corrected chi connectivity index (χ0v) is 22.0. The number of hydrogen-bond acceptors (Lipinski definition) is 10. The first-order valence-electron chi connectivity index (χ1n) is 12.8. The summed E-state index contributed by atoms with van der Waals surface area (Å²) in [5.74, 6) is 1.93. The molecule has 2 aromatic heterocycles. The number of fused-ring (bicyclic) bond motifs is 1. The molecule has 2 saturated heterocycles. The number of nitrogens with zero attached hydrogens (tertiary/aromatic N) is 7. The molecule has 0 bridgehead atoms. The normalized spacial score (nSPS) is 16.6. The van der Waals surface area contributed by atoms with Gasteiger partial charge < -0.3 is 30.1 Å². The third kappa shape index (κ3) is 5.57. The Balaban J connectivity index is 1.22. The van der Waals surface area contributed by atoms with E-state index in [0.717, 1.165) is 67.2 Å². The Labute approximate surface area is 226 Å². The average Bonchev–Trinajstić information content (AvgIpc) is 2.95. The summed E-state index contributed by atoms with van der Waals surface area (Å²) in [6.07, 6.45) is 1.78. The Morgan fingerprint density at radius 1 is 0.763 bits per heavy atom. The van der Waals surface area contributed by atoms with Crippen LogP contribution in [0.4, 0.5) is 34.9 Å². The molecule has 2 aliphatic heterocycles. The Morgan fingerprint density at radius 2 is 1.42 bits per heavy atom. The third-order valence-corrected chi connectivity index (χ3v) is 7.05. The predicted octanol–water partition coefficient (Wildman–Crippen LogP) is 4.15. The number of ether oxygens (including phenoxy) is 1. The summed E-state index contributed by atoms with van der Waals surface area (Å²) in [5.41, 5.74) is 3.67. The van der Waals surface area contributed by atoms with Gasteiger partial charge in [0.15, 0.2) is 0 Å². The lowest BCUT2D eigenvalue weighted by Crippen LogP contribution is -2.45. The fraction of sp³-hybridized carbons (Fsp3) is 0.333. The van der Waals surface area contributed by atoms with E-state index in [-0.39, 0.29) is 0 Å². The SMILES string of the molecule is CN1CCN(c2nc(Nc3ccc(Nc4ccnc5cc(Cl)ccc45)cc3)nc(N3CCOCC3)n2)CC1. The fourth-order valence-corrected chi connectivity index (χ4v) is 4.78. The van der Waals surface area contributed by atoms with Crippen molar-refractivity contribution in [1.29, 1.82) is 0 Å². The molecule has 6 rings (SSSR count). The monoisotopic (exact) mass is 531 g/mol. The molecule has 0 spiro atoms. The Morgan fingerprint density at radius 3 is 2.13 bits per heavy atom. The number of morpholine rings is 1. The van der Waals surface area contributed by atoms with Crippen LogP contribution in [-0.2, 0) is 4.74 Å². The number of rotatable bonds is 6. The van der Waals surface area contributed by atoms with Crippen molar-refractivity contribution in [3.05, 3.63) is 59.8 Å². The van der Waals surface area contributed by atoms with Crippen LogP contribution in [0, 0.1) is 0 Å². The van der Waals surface area contributed by atoms with Crippen LogP contribution in [0.5, 0.6) is 0 Å². The fourth-order valence-electron chi connectivity index (χ4n) is 4.61. The number of benzene rings is 2. The minimum absolute atomic E-state index is 0.535. The molecular formula is C27H30ClN9O.